The minimum Gasteiger partial charge on any atom is -0.313 e. The van der Waals surface area contributed by atoms with Crippen molar-refractivity contribution in [1.82, 2.24) is 5.32 Å². The zero-order chi connectivity index (χ0) is 13.8. The second-order valence-corrected chi connectivity index (χ2v) is 8.37. The Kier molecular flexibility index (Phi) is 6.32. The van der Waals surface area contributed by atoms with Crippen molar-refractivity contribution in [3.63, 3.8) is 0 Å². The second-order valence-electron chi connectivity index (χ2n) is 6.67. The van der Waals surface area contributed by atoms with E-state index in [1.54, 1.807) is 0 Å². The molecule has 18 heavy (non-hydrogen) atoms. The van der Waals surface area contributed by atoms with Crippen LogP contribution in [0.5, 0.6) is 0 Å². The highest BCUT2D eigenvalue weighted by atomic mass is 32.2. The lowest BCUT2D eigenvalue weighted by Crippen LogP contribution is -2.49. The Morgan fingerprint density at radius 1 is 1.39 bits per heavy atom. The first kappa shape index (κ1) is 16.2. The third-order valence-corrected chi connectivity index (χ3v) is 6.35. The first-order chi connectivity index (χ1) is 8.39. The third kappa shape index (κ3) is 4.65. The van der Waals surface area contributed by atoms with Crippen LogP contribution in [0, 0.1) is 11.3 Å². The summed E-state index contributed by atoms with van der Waals surface area (Å²) in [7, 11) is -0.677. The maximum absolute atomic E-state index is 12.6. The van der Waals surface area contributed by atoms with Crippen molar-refractivity contribution in [2.75, 3.05) is 12.3 Å². The first-order valence-corrected chi connectivity index (χ1v) is 8.88. The van der Waals surface area contributed by atoms with Crippen LogP contribution in [0.4, 0.5) is 0 Å². The summed E-state index contributed by atoms with van der Waals surface area (Å²) in [5.41, 5.74) is 0.363. The van der Waals surface area contributed by atoms with E-state index in [9.17, 15) is 4.21 Å². The van der Waals surface area contributed by atoms with Crippen molar-refractivity contribution in [3.05, 3.63) is 0 Å². The summed E-state index contributed by atoms with van der Waals surface area (Å²) in [5, 5.41) is 3.90. The van der Waals surface area contributed by atoms with Crippen LogP contribution in [0.25, 0.3) is 0 Å². The van der Waals surface area contributed by atoms with Gasteiger partial charge in [0.25, 0.3) is 0 Å². The predicted octanol–water partition coefficient (Wildman–Crippen LogP) is 3.34. The van der Waals surface area contributed by atoms with E-state index in [4.69, 9.17) is 0 Å². The van der Waals surface area contributed by atoms with Gasteiger partial charge in [-0.25, -0.2) is 0 Å². The monoisotopic (exact) mass is 273 g/mol. The molecule has 0 saturated heterocycles. The Labute approximate surface area is 116 Å². The molecule has 0 radical (unpaired) electrons. The summed E-state index contributed by atoms with van der Waals surface area (Å²) in [6.45, 7) is 12.2. The molecule has 1 saturated carbocycles. The van der Waals surface area contributed by atoms with Crippen molar-refractivity contribution in [2.24, 2.45) is 11.3 Å². The molecule has 2 nitrogen and oxygen atoms in total. The van der Waals surface area contributed by atoms with E-state index in [-0.39, 0.29) is 0 Å². The minimum absolute atomic E-state index is 0.350. The highest BCUT2D eigenvalue weighted by molar-refractivity contribution is 7.85. The molecule has 1 rings (SSSR count). The normalized spacial score (nSPS) is 30.9. The van der Waals surface area contributed by atoms with Gasteiger partial charge >= 0.3 is 0 Å². The van der Waals surface area contributed by atoms with Gasteiger partial charge in [0.1, 0.15) is 0 Å². The van der Waals surface area contributed by atoms with E-state index in [2.05, 4.69) is 39.9 Å². The molecule has 0 spiro atoms. The molecular weight excluding hydrogens is 242 g/mol. The summed E-state index contributed by atoms with van der Waals surface area (Å²) in [6.07, 6.45) is 4.67. The van der Waals surface area contributed by atoms with Crippen LogP contribution < -0.4 is 5.32 Å². The van der Waals surface area contributed by atoms with Crippen LogP contribution >= 0.6 is 0 Å². The summed E-state index contributed by atoms with van der Waals surface area (Å²) in [6, 6.07) is 0.466. The topological polar surface area (TPSA) is 29.1 Å². The zero-order valence-corrected chi connectivity index (χ0v) is 13.6. The summed E-state index contributed by atoms with van der Waals surface area (Å²) in [4.78, 5) is 0. The van der Waals surface area contributed by atoms with E-state index in [1.807, 2.05) is 0 Å². The maximum atomic E-state index is 12.6. The van der Waals surface area contributed by atoms with E-state index in [0.717, 1.165) is 25.1 Å². The molecule has 4 unspecified atom stereocenters. The zero-order valence-electron chi connectivity index (χ0n) is 12.8. The molecule has 1 aliphatic carbocycles. The van der Waals surface area contributed by atoms with Gasteiger partial charge in [0, 0.05) is 22.6 Å². The van der Waals surface area contributed by atoms with Crippen molar-refractivity contribution in [1.29, 1.82) is 0 Å². The first-order valence-electron chi connectivity index (χ1n) is 7.50. The SMILES string of the molecule is CCNC1CCC(C)(C)CC1S(=O)CC(C)CC. The van der Waals surface area contributed by atoms with Gasteiger partial charge in [0.05, 0.1) is 5.25 Å². The average Bonchev–Trinajstić information content (AvgIpc) is 2.31. The standard InChI is InChI=1S/C15H31NOS/c1-6-12(3)11-18(17)14-10-15(4,5)9-8-13(14)16-7-2/h12-14,16H,6-11H2,1-5H3. The lowest BCUT2D eigenvalue weighted by atomic mass is 9.75. The van der Waals surface area contributed by atoms with Gasteiger partial charge in [0.15, 0.2) is 0 Å². The quantitative estimate of drug-likeness (QED) is 0.804. The van der Waals surface area contributed by atoms with E-state index >= 15 is 0 Å². The molecular formula is C15H31NOS. The Morgan fingerprint density at radius 2 is 2.06 bits per heavy atom. The van der Waals surface area contributed by atoms with Crippen molar-refractivity contribution >= 4 is 10.8 Å². The number of nitrogens with one attached hydrogen (secondary N) is 1. The fourth-order valence-electron chi connectivity index (χ4n) is 2.81. The van der Waals surface area contributed by atoms with E-state index in [1.165, 1.54) is 12.8 Å². The van der Waals surface area contributed by atoms with Gasteiger partial charge in [-0.3, -0.25) is 4.21 Å². The molecule has 0 aromatic carbocycles. The fourth-order valence-corrected chi connectivity index (χ4v) is 5.09. The molecule has 4 atom stereocenters. The Bertz CT molecular complexity index is 278. The molecule has 1 N–H and O–H groups in total. The summed E-state index contributed by atoms with van der Waals surface area (Å²) < 4.78 is 12.6. The second kappa shape index (κ2) is 7.04. The molecule has 1 aliphatic rings. The summed E-state index contributed by atoms with van der Waals surface area (Å²) >= 11 is 0. The van der Waals surface area contributed by atoms with E-state index < -0.39 is 10.8 Å². The van der Waals surface area contributed by atoms with Crippen LogP contribution in [-0.4, -0.2) is 27.8 Å². The highest BCUT2D eigenvalue weighted by Gasteiger charge is 2.37. The molecule has 108 valence electrons. The van der Waals surface area contributed by atoms with Gasteiger partial charge in [-0.15, -0.1) is 0 Å². The van der Waals surface area contributed by atoms with Crippen LogP contribution in [0.3, 0.4) is 0 Å². The maximum Gasteiger partial charge on any atom is 0.0506 e. The average molecular weight is 273 g/mol. The van der Waals surface area contributed by atoms with Gasteiger partial charge in [-0.2, -0.15) is 0 Å². The molecule has 0 aromatic heterocycles. The molecule has 0 aliphatic heterocycles. The van der Waals surface area contributed by atoms with Gasteiger partial charge in [0.2, 0.25) is 0 Å². The largest absolute Gasteiger partial charge is 0.313 e. The summed E-state index contributed by atoms with van der Waals surface area (Å²) in [5.74, 6) is 1.46. The fraction of sp³-hybridized carbons (Fsp3) is 1.00. The molecule has 1 fully saturated rings. The number of hydrogen-bond donors (Lipinski definition) is 1. The lowest BCUT2D eigenvalue weighted by molar-refractivity contribution is 0.212. The van der Waals surface area contributed by atoms with Crippen LogP contribution in [0.15, 0.2) is 0 Å². The molecule has 0 amide bonds. The third-order valence-electron chi connectivity index (χ3n) is 4.28. The van der Waals surface area contributed by atoms with Crippen LogP contribution in [0.1, 0.15) is 60.3 Å². The van der Waals surface area contributed by atoms with Gasteiger partial charge in [-0.05, 0) is 37.1 Å². The molecule has 0 bridgehead atoms. The lowest BCUT2D eigenvalue weighted by Gasteiger charge is -2.40. The van der Waals surface area contributed by atoms with Crippen LogP contribution in [0.2, 0.25) is 0 Å². The van der Waals surface area contributed by atoms with Gasteiger partial charge < -0.3 is 5.32 Å². The van der Waals surface area contributed by atoms with Crippen molar-refractivity contribution in [2.45, 2.75) is 71.6 Å². The molecule has 3 heteroatoms. The molecule has 0 aromatic rings. The smallest absolute Gasteiger partial charge is 0.0506 e. The van der Waals surface area contributed by atoms with Gasteiger partial charge in [-0.1, -0.05) is 41.0 Å². The predicted molar refractivity (Wildman–Crippen MR) is 81.3 cm³/mol. The van der Waals surface area contributed by atoms with Crippen molar-refractivity contribution in [3.8, 4) is 0 Å². The van der Waals surface area contributed by atoms with E-state index in [0.29, 0.717) is 22.6 Å². The Morgan fingerprint density at radius 3 is 2.61 bits per heavy atom. The molecule has 0 heterocycles. The Hall–Kier alpha value is 0.110. The van der Waals surface area contributed by atoms with Crippen LogP contribution in [-0.2, 0) is 10.8 Å². The Balaban J connectivity index is 2.68. The highest BCUT2D eigenvalue weighted by Crippen LogP contribution is 2.37. The number of rotatable bonds is 6. The van der Waals surface area contributed by atoms with Crippen molar-refractivity contribution < 1.29 is 4.21 Å². The minimum atomic E-state index is -0.677. The number of hydrogen-bond acceptors (Lipinski definition) is 2.